The quantitative estimate of drug-likeness (QED) is 0.601. The van der Waals surface area contributed by atoms with Crippen molar-refractivity contribution in [2.45, 2.75) is 44.2 Å². The standard InChI is InChI=1S/C11H19N3O2/c12-8(5-10(13)15)11(16)14-9-4-6-1-2-7(9)3-6/h6-9H,1-5,12H2,(H2,13,15)(H,14,16). The van der Waals surface area contributed by atoms with E-state index < -0.39 is 11.9 Å². The molecule has 5 nitrogen and oxygen atoms in total. The van der Waals surface area contributed by atoms with Crippen LogP contribution in [0.5, 0.6) is 0 Å². The maximum absolute atomic E-state index is 11.7. The van der Waals surface area contributed by atoms with Crippen molar-refractivity contribution in [3.8, 4) is 0 Å². The highest BCUT2D eigenvalue weighted by molar-refractivity contribution is 5.87. The lowest BCUT2D eigenvalue weighted by molar-refractivity contribution is -0.127. The van der Waals surface area contributed by atoms with Gasteiger partial charge in [0, 0.05) is 6.04 Å². The summed E-state index contributed by atoms with van der Waals surface area (Å²) in [7, 11) is 0. The SMILES string of the molecule is NC(=O)CC(N)C(=O)NC1CC2CCC1C2. The summed E-state index contributed by atoms with van der Waals surface area (Å²) < 4.78 is 0. The minimum absolute atomic E-state index is 0.0767. The van der Waals surface area contributed by atoms with Crippen LogP contribution in [0.4, 0.5) is 0 Å². The van der Waals surface area contributed by atoms with Gasteiger partial charge in [-0.3, -0.25) is 9.59 Å². The summed E-state index contributed by atoms with van der Waals surface area (Å²) in [5.74, 6) is 0.629. The Hall–Kier alpha value is -1.10. The van der Waals surface area contributed by atoms with Crippen LogP contribution in [0.1, 0.15) is 32.1 Å². The van der Waals surface area contributed by atoms with Crippen molar-refractivity contribution in [1.82, 2.24) is 5.32 Å². The van der Waals surface area contributed by atoms with E-state index in [9.17, 15) is 9.59 Å². The van der Waals surface area contributed by atoms with Gasteiger partial charge in [0.1, 0.15) is 0 Å². The van der Waals surface area contributed by atoms with Crippen LogP contribution < -0.4 is 16.8 Å². The number of carbonyl (C=O) groups excluding carboxylic acids is 2. The van der Waals surface area contributed by atoms with E-state index in [-0.39, 0.29) is 18.4 Å². The molecular weight excluding hydrogens is 206 g/mol. The van der Waals surface area contributed by atoms with E-state index in [0.717, 1.165) is 12.3 Å². The van der Waals surface area contributed by atoms with Crippen LogP contribution in [0.3, 0.4) is 0 Å². The highest BCUT2D eigenvalue weighted by Crippen LogP contribution is 2.44. The first kappa shape index (κ1) is 11.4. The van der Waals surface area contributed by atoms with Gasteiger partial charge in [-0.15, -0.1) is 0 Å². The van der Waals surface area contributed by atoms with Gasteiger partial charge in [0.25, 0.3) is 0 Å². The van der Waals surface area contributed by atoms with Gasteiger partial charge in [-0.2, -0.15) is 0 Å². The minimum Gasteiger partial charge on any atom is -0.370 e. The van der Waals surface area contributed by atoms with Crippen LogP contribution >= 0.6 is 0 Å². The van der Waals surface area contributed by atoms with Crippen molar-refractivity contribution in [1.29, 1.82) is 0 Å². The number of hydrogen-bond donors (Lipinski definition) is 3. The van der Waals surface area contributed by atoms with Crippen molar-refractivity contribution >= 4 is 11.8 Å². The van der Waals surface area contributed by atoms with Crippen LogP contribution in [-0.4, -0.2) is 23.9 Å². The third-order valence-electron chi connectivity index (χ3n) is 3.82. The fraction of sp³-hybridized carbons (Fsp3) is 0.818. The zero-order chi connectivity index (χ0) is 11.7. The molecule has 5 heteroatoms. The number of carbonyl (C=O) groups is 2. The number of primary amides is 1. The number of amides is 2. The summed E-state index contributed by atoms with van der Waals surface area (Å²) in [4.78, 5) is 22.3. The van der Waals surface area contributed by atoms with E-state index >= 15 is 0 Å². The molecule has 2 rings (SSSR count). The summed E-state index contributed by atoms with van der Waals surface area (Å²) >= 11 is 0. The summed E-state index contributed by atoms with van der Waals surface area (Å²) in [6, 6.07) is -0.526. The highest BCUT2D eigenvalue weighted by Gasteiger charge is 2.40. The highest BCUT2D eigenvalue weighted by atomic mass is 16.2. The Kier molecular flexibility index (Phi) is 3.14. The number of rotatable bonds is 4. The maximum Gasteiger partial charge on any atom is 0.237 e. The fourth-order valence-electron chi connectivity index (χ4n) is 3.02. The maximum atomic E-state index is 11.7. The van der Waals surface area contributed by atoms with Gasteiger partial charge in [0.15, 0.2) is 0 Å². The largest absolute Gasteiger partial charge is 0.370 e. The van der Waals surface area contributed by atoms with Gasteiger partial charge in [0.05, 0.1) is 12.5 Å². The smallest absolute Gasteiger partial charge is 0.237 e. The topological polar surface area (TPSA) is 98.2 Å². The zero-order valence-corrected chi connectivity index (χ0v) is 9.32. The molecule has 2 aliphatic rings. The molecule has 2 aliphatic carbocycles. The molecule has 16 heavy (non-hydrogen) atoms. The molecule has 5 N–H and O–H groups in total. The van der Waals surface area contributed by atoms with Crippen molar-refractivity contribution in [2.75, 3.05) is 0 Å². The number of nitrogens with one attached hydrogen (secondary N) is 1. The van der Waals surface area contributed by atoms with Crippen molar-refractivity contribution < 1.29 is 9.59 Å². The molecule has 0 spiro atoms. The molecule has 4 unspecified atom stereocenters. The molecule has 0 aliphatic heterocycles. The lowest BCUT2D eigenvalue weighted by Crippen LogP contribution is -2.48. The average molecular weight is 225 g/mol. The number of nitrogens with two attached hydrogens (primary N) is 2. The Morgan fingerprint density at radius 3 is 2.56 bits per heavy atom. The Labute approximate surface area is 94.9 Å². The van der Waals surface area contributed by atoms with Gasteiger partial charge in [0.2, 0.25) is 11.8 Å². The van der Waals surface area contributed by atoms with E-state index in [4.69, 9.17) is 11.5 Å². The van der Waals surface area contributed by atoms with Crippen molar-refractivity contribution in [3.63, 3.8) is 0 Å². The van der Waals surface area contributed by atoms with E-state index in [1.807, 2.05) is 0 Å². The molecule has 0 radical (unpaired) electrons. The van der Waals surface area contributed by atoms with E-state index in [0.29, 0.717) is 5.92 Å². The monoisotopic (exact) mass is 225 g/mol. The minimum atomic E-state index is -0.795. The van der Waals surface area contributed by atoms with Gasteiger partial charge >= 0.3 is 0 Å². The van der Waals surface area contributed by atoms with Gasteiger partial charge < -0.3 is 16.8 Å². The summed E-state index contributed by atoms with van der Waals surface area (Å²) in [5.41, 5.74) is 10.6. The van der Waals surface area contributed by atoms with Gasteiger partial charge in [-0.05, 0) is 31.1 Å². The molecule has 90 valence electrons. The zero-order valence-electron chi connectivity index (χ0n) is 9.32. The van der Waals surface area contributed by atoms with Crippen molar-refractivity contribution in [3.05, 3.63) is 0 Å². The average Bonchev–Trinajstić information content (AvgIpc) is 2.77. The second kappa shape index (κ2) is 4.41. The molecule has 4 atom stereocenters. The second-order valence-electron chi connectivity index (χ2n) is 5.07. The predicted molar refractivity (Wildman–Crippen MR) is 59.2 cm³/mol. The first-order valence-corrected chi connectivity index (χ1v) is 5.90. The molecule has 2 amide bonds. The molecule has 0 saturated heterocycles. The van der Waals surface area contributed by atoms with Crippen LogP contribution in [0.25, 0.3) is 0 Å². The lowest BCUT2D eigenvalue weighted by atomic mass is 9.95. The number of fused-ring (bicyclic) bond motifs is 2. The third kappa shape index (κ3) is 2.35. The molecule has 0 aromatic heterocycles. The fourth-order valence-corrected chi connectivity index (χ4v) is 3.02. The van der Waals surface area contributed by atoms with Crippen LogP contribution in [0.2, 0.25) is 0 Å². The molecule has 0 aromatic rings. The van der Waals surface area contributed by atoms with Crippen molar-refractivity contribution in [2.24, 2.45) is 23.3 Å². The second-order valence-corrected chi connectivity index (χ2v) is 5.07. The van der Waals surface area contributed by atoms with E-state index in [1.165, 1.54) is 19.3 Å². The Balaban J connectivity index is 1.81. The summed E-state index contributed by atoms with van der Waals surface area (Å²) in [6.45, 7) is 0. The first-order valence-electron chi connectivity index (χ1n) is 5.90. The van der Waals surface area contributed by atoms with E-state index in [2.05, 4.69) is 5.32 Å². The normalized spacial score (nSPS) is 33.7. The molecule has 2 bridgehead atoms. The van der Waals surface area contributed by atoms with Crippen LogP contribution in [-0.2, 0) is 9.59 Å². The van der Waals surface area contributed by atoms with Gasteiger partial charge in [-0.25, -0.2) is 0 Å². The Morgan fingerprint density at radius 2 is 2.06 bits per heavy atom. The molecular formula is C11H19N3O2. The lowest BCUT2D eigenvalue weighted by Gasteiger charge is -2.24. The Morgan fingerprint density at radius 1 is 1.31 bits per heavy atom. The number of hydrogen-bond acceptors (Lipinski definition) is 3. The Bertz CT molecular complexity index is 306. The first-order chi connectivity index (χ1) is 7.56. The summed E-state index contributed by atoms with van der Waals surface area (Å²) in [5, 5.41) is 2.94. The van der Waals surface area contributed by atoms with Gasteiger partial charge in [-0.1, -0.05) is 6.42 Å². The third-order valence-corrected chi connectivity index (χ3v) is 3.82. The predicted octanol–water partition coefficient (Wildman–Crippen LogP) is -0.506. The van der Waals surface area contributed by atoms with Crippen LogP contribution in [0.15, 0.2) is 0 Å². The molecule has 2 saturated carbocycles. The van der Waals surface area contributed by atoms with E-state index in [1.54, 1.807) is 0 Å². The molecule has 0 aromatic carbocycles. The van der Waals surface area contributed by atoms with Crippen LogP contribution in [0, 0.1) is 11.8 Å². The molecule has 0 heterocycles. The summed E-state index contributed by atoms with van der Waals surface area (Å²) in [6.07, 6.45) is 4.73. The molecule has 2 fully saturated rings.